The van der Waals surface area contributed by atoms with E-state index in [-0.39, 0.29) is 18.0 Å². The van der Waals surface area contributed by atoms with E-state index in [4.69, 9.17) is 0 Å². The number of rotatable bonds is 0. The first-order valence-corrected chi connectivity index (χ1v) is 3.22. The molecular weight excluding hydrogens is 117 g/mol. The fourth-order valence-corrected chi connectivity index (χ4v) is 1.21. The van der Waals surface area contributed by atoms with Gasteiger partial charge in [0.1, 0.15) is 11.6 Å². The largest absolute Gasteiger partial charge is 0.299 e. The normalized spacial score (nSPS) is 22.8. The lowest BCUT2D eigenvalue weighted by Gasteiger charge is -2.13. The Balaban J connectivity index is 2.53. The summed E-state index contributed by atoms with van der Waals surface area (Å²) in [6.45, 7) is 1.94. The van der Waals surface area contributed by atoms with Gasteiger partial charge in [0.25, 0.3) is 0 Å². The van der Waals surface area contributed by atoms with Crippen molar-refractivity contribution in [3.8, 4) is 0 Å². The van der Waals surface area contributed by atoms with Gasteiger partial charge in [0.05, 0.1) is 6.42 Å². The predicted molar refractivity (Wildman–Crippen MR) is 33.0 cm³/mol. The van der Waals surface area contributed by atoms with Gasteiger partial charge in [0.2, 0.25) is 0 Å². The Labute approximate surface area is 54.2 Å². The SMILES string of the molecule is CC1CC(=O)[13CH2]C(=O)C1. The first-order valence-electron chi connectivity index (χ1n) is 3.22. The second-order valence-corrected chi connectivity index (χ2v) is 2.77. The second-order valence-electron chi connectivity index (χ2n) is 2.77. The van der Waals surface area contributed by atoms with Crippen LogP contribution in [0.1, 0.15) is 26.2 Å². The molecule has 0 aromatic carbocycles. The monoisotopic (exact) mass is 127 g/mol. The lowest BCUT2D eigenvalue weighted by Crippen LogP contribution is -2.20. The molecule has 2 heteroatoms. The molecule has 0 aromatic heterocycles. The number of hydrogen-bond donors (Lipinski definition) is 0. The van der Waals surface area contributed by atoms with Gasteiger partial charge in [-0.25, -0.2) is 0 Å². The van der Waals surface area contributed by atoms with Crippen LogP contribution in [0.5, 0.6) is 0 Å². The Morgan fingerprint density at radius 2 is 1.67 bits per heavy atom. The minimum absolute atomic E-state index is 0.110. The van der Waals surface area contributed by atoms with Crippen molar-refractivity contribution in [2.24, 2.45) is 5.92 Å². The summed E-state index contributed by atoms with van der Waals surface area (Å²) in [4.78, 5) is 21.3. The molecule has 1 aliphatic rings. The average Bonchev–Trinajstić information content (AvgIpc) is 1.59. The number of ketones is 2. The van der Waals surface area contributed by atoms with E-state index in [1.165, 1.54) is 0 Å². The molecule has 0 aromatic rings. The summed E-state index contributed by atoms with van der Waals surface area (Å²) in [5.41, 5.74) is 0. The molecule has 0 atom stereocenters. The molecule has 50 valence electrons. The van der Waals surface area contributed by atoms with Crippen LogP contribution < -0.4 is 0 Å². The van der Waals surface area contributed by atoms with Gasteiger partial charge in [-0.3, -0.25) is 9.59 Å². The number of hydrogen-bond acceptors (Lipinski definition) is 2. The van der Waals surface area contributed by atoms with E-state index in [1.807, 2.05) is 6.92 Å². The van der Waals surface area contributed by atoms with Crippen molar-refractivity contribution in [2.45, 2.75) is 26.2 Å². The Hall–Kier alpha value is -0.660. The molecule has 0 amide bonds. The molecule has 1 saturated carbocycles. The van der Waals surface area contributed by atoms with E-state index in [2.05, 4.69) is 0 Å². The van der Waals surface area contributed by atoms with Crippen LogP contribution in [0.2, 0.25) is 0 Å². The molecule has 2 nitrogen and oxygen atoms in total. The molecule has 0 N–H and O–H groups in total. The van der Waals surface area contributed by atoms with Gasteiger partial charge in [-0.2, -0.15) is 0 Å². The summed E-state index contributed by atoms with van der Waals surface area (Å²) < 4.78 is 0. The minimum Gasteiger partial charge on any atom is -0.299 e. The highest BCUT2D eigenvalue weighted by Gasteiger charge is 2.21. The molecule has 1 fully saturated rings. The predicted octanol–water partition coefficient (Wildman–Crippen LogP) is 0.945. The highest BCUT2D eigenvalue weighted by molar-refractivity contribution is 6.01. The maximum Gasteiger partial charge on any atom is 0.140 e. The van der Waals surface area contributed by atoms with Gasteiger partial charge in [-0.05, 0) is 5.92 Å². The Morgan fingerprint density at radius 3 is 2.00 bits per heavy atom. The first kappa shape index (κ1) is 6.46. The summed E-state index contributed by atoms with van der Waals surface area (Å²) in [7, 11) is 0. The Bertz CT molecular complexity index is 133. The van der Waals surface area contributed by atoms with E-state index < -0.39 is 0 Å². The third-order valence-corrected chi connectivity index (χ3v) is 1.55. The fourth-order valence-electron chi connectivity index (χ4n) is 1.21. The topological polar surface area (TPSA) is 34.1 Å². The first-order chi connectivity index (χ1) is 4.18. The van der Waals surface area contributed by atoms with Crippen molar-refractivity contribution in [3.05, 3.63) is 0 Å². The van der Waals surface area contributed by atoms with Crippen molar-refractivity contribution in [1.29, 1.82) is 0 Å². The molecule has 1 rings (SSSR count). The van der Waals surface area contributed by atoms with Crippen LogP contribution in [0.4, 0.5) is 0 Å². The summed E-state index contributed by atoms with van der Waals surface area (Å²) in [6, 6.07) is 0. The molecule has 0 bridgehead atoms. The van der Waals surface area contributed by atoms with Crippen LogP contribution in [0, 0.1) is 5.92 Å². The highest BCUT2D eigenvalue weighted by Crippen LogP contribution is 2.16. The van der Waals surface area contributed by atoms with E-state index in [1.54, 1.807) is 0 Å². The van der Waals surface area contributed by atoms with Crippen LogP contribution in [-0.4, -0.2) is 11.6 Å². The minimum atomic E-state index is 0.110. The van der Waals surface area contributed by atoms with E-state index in [0.29, 0.717) is 18.8 Å². The maximum atomic E-state index is 10.7. The van der Waals surface area contributed by atoms with Gasteiger partial charge >= 0.3 is 0 Å². The van der Waals surface area contributed by atoms with Crippen molar-refractivity contribution >= 4 is 11.6 Å². The van der Waals surface area contributed by atoms with E-state index >= 15 is 0 Å². The molecular formula is C7H10O2. The van der Waals surface area contributed by atoms with Crippen LogP contribution in [0.15, 0.2) is 0 Å². The van der Waals surface area contributed by atoms with E-state index in [0.717, 1.165) is 0 Å². The standard InChI is InChI=1S/C7H10O2/c1-5-2-6(8)4-7(9)3-5/h5H,2-4H2,1H3/i4+1. The third kappa shape index (κ3) is 1.63. The highest BCUT2D eigenvalue weighted by atomic mass is 16.2. The lowest BCUT2D eigenvalue weighted by molar-refractivity contribution is -0.130. The number of Topliss-reactive ketones (excluding diaryl/α,β-unsaturated/α-hetero) is 2. The fraction of sp³-hybridized carbons (Fsp3) is 0.714. The van der Waals surface area contributed by atoms with Crippen molar-refractivity contribution in [3.63, 3.8) is 0 Å². The van der Waals surface area contributed by atoms with Crippen LogP contribution >= 0.6 is 0 Å². The van der Waals surface area contributed by atoms with Crippen LogP contribution in [0.25, 0.3) is 0 Å². The molecule has 0 saturated heterocycles. The number of carbonyl (C=O) groups is 2. The van der Waals surface area contributed by atoms with Crippen LogP contribution in [-0.2, 0) is 9.59 Å². The Kier molecular flexibility index (Phi) is 1.65. The number of carbonyl (C=O) groups excluding carboxylic acids is 2. The zero-order chi connectivity index (χ0) is 6.85. The second kappa shape index (κ2) is 2.29. The summed E-state index contributed by atoms with van der Waals surface area (Å²) in [5, 5.41) is 0. The smallest absolute Gasteiger partial charge is 0.140 e. The lowest BCUT2D eigenvalue weighted by atomic mass is 9.96. The van der Waals surface area contributed by atoms with Gasteiger partial charge in [0.15, 0.2) is 0 Å². The average molecular weight is 127 g/mol. The van der Waals surface area contributed by atoms with Gasteiger partial charge < -0.3 is 0 Å². The Morgan fingerprint density at radius 1 is 1.22 bits per heavy atom. The summed E-state index contributed by atoms with van der Waals surface area (Å²) in [5.74, 6) is 0.510. The van der Waals surface area contributed by atoms with Crippen molar-refractivity contribution in [2.75, 3.05) is 0 Å². The molecule has 0 unspecified atom stereocenters. The quantitative estimate of drug-likeness (QED) is 0.358. The van der Waals surface area contributed by atoms with Crippen molar-refractivity contribution < 1.29 is 9.59 Å². The molecule has 9 heavy (non-hydrogen) atoms. The third-order valence-electron chi connectivity index (χ3n) is 1.55. The molecule has 0 heterocycles. The van der Waals surface area contributed by atoms with Gasteiger partial charge in [-0.15, -0.1) is 0 Å². The zero-order valence-corrected chi connectivity index (χ0v) is 5.52. The summed E-state index contributed by atoms with van der Waals surface area (Å²) >= 11 is 0. The van der Waals surface area contributed by atoms with E-state index in [9.17, 15) is 9.59 Å². The molecule has 0 spiro atoms. The maximum absolute atomic E-state index is 10.7. The molecule has 1 aliphatic carbocycles. The molecule has 0 radical (unpaired) electrons. The van der Waals surface area contributed by atoms with Gasteiger partial charge in [0, 0.05) is 12.8 Å². The van der Waals surface area contributed by atoms with Gasteiger partial charge in [-0.1, -0.05) is 6.92 Å². The zero-order valence-electron chi connectivity index (χ0n) is 5.52. The van der Waals surface area contributed by atoms with Crippen LogP contribution in [0.3, 0.4) is 0 Å². The van der Waals surface area contributed by atoms with Crippen molar-refractivity contribution in [1.82, 2.24) is 0 Å². The molecule has 0 aliphatic heterocycles. The summed E-state index contributed by atoms with van der Waals surface area (Å²) in [6.07, 6.45) is 1.39.